The van der Waals surface area contributed by atoms with Gasteiger partial charge in [-0.3, -0.25) is 0 Å². The average molecular weight is 375 g/mol. The Morgan fingerprint density at radius 3 is 2.50 bits per heavy atom. The number of fused-ring (bicyclic) bond motifs is 3. The molecule has 3 heteroatoms. The van der Waals surface area contributed by atoms with Crippen LogP contribution in [0, 0.1) is 11.8 Å². The lowest BCUT2D eigenvalue weighted by Gasteiger charge is -2.60. The molecule has 4 fully saturated rings. The maximum Gasteiger partial charge on any atom is 0.0670 e. The normalized spacial score (nSPS) is 33.9. The fraction of sp³-hybridized carbons (Fsp3) is 0.520. The first-order valence-electron chi connectivity index (χ1n) is 11.0. The number of hydrogen-bond donors (Lipinski definition) is 2. The highest BCUT2D eigenvalue weighted by Crippen LogP contribution is 2.57. The zero-order chi connectivity index (χ0) is 18.9. The Morgan fingerprint density at radius 1 is 1.00 bits per heavy atom. The molecule has 4 aliphatic carbocycles. The Bertz CT molecular complexity index is 1050. The summed E-state index contributed by atoms with van der Waals surface area (Å²) in [5.74, 6) is 1.45. The SMILES string of the molecule is CCn1c2ccccc2c2cc(CNC34CC5CC(CC(O)(C5)C3)C4)ccc21. The number of rotatable bonds is 4. The van der Waals surface area contributed by atoms with E-state index in [4.69, 9.17) is 0 Å². The van der Waals surface area contributed by atoms with Gasteiger partial charge >= 0.3 is 0 Å². The number of benzene rings is 2. The Morgan fingerprint density at radius 2 is 1.75 bits per heavy atom. The predicted octanol–water partition coefficient (Wildman–Crippen LogP) is 4.99. The summed E-state index contributed by atoms with van der Waals surface area (Å²) >= 11 is 0. The van der Waals surface area contributed by atoms with Crippen molar-refractivity contribution in [2.24, 2.45) is 11.8 Å². The number of hydrogen-bond acceptors (Lipinski definition) is 2. The summed E-state index contributed by atoms with van der Waals surface area (Å²) in [6.45, 7) is 4.11. The van der Waals surface area contributed by atoms with E-state index in [9.17, 15) is 5.11 Å². The molecule has 7 rings (SSSR count). The molecule has 28 heavy (non-hydrogen) atoms. The lowest BCUT2D eigenvalue weighted by Crippen LogP contribution is -2.64. The van der Waals surface area contributed by atoms with Crippen molar-refractivity contribution in [1.29, 1.82) is 0 Å². The number of para-hydroxylation sites is 1. The number of aliphatic hydroxyl groups is 1. The average Bonchev–Trinajstić information content (AvgIpc) is 2.97. The van der Waals surface area contributed by atoms with Crippen LogP contribution in [0.25, 0.3) is 21.8 Å². The summed E-state index contributed by atoms with van der Waals surface area (Å²) < 4.78 is 2.41. The van der Waals surface area contributed by atoms with E-state index in [0.29, 0.717) is 0 Å². The predicted molar refractivity (Wildman–Crippen MR) is 114 cm³/mol. The van der Waals surface area contributed by atoms with Gasteiger partial charge in [-0.15, -0.1) is 0 Å². The van der Waals surface area contributed by atoms with Gasteiger partial charge in [0.15, 0.2) is 0 Å². The van der Waals surface area contributed by atoms with Gasteiger partial charge in [-0.25, -0.2) is 0 Å². The molecule has 0 spiro atoms. The molecule has 0 amide bonds. The molecule has 0 radical (unpaired) electrons. The second kappa shape index (κ2) is 5.84. The zero-order valence-electron chi connectivity index (χ0n) is 16.7. The van der Waals surface area contributed by atoms with Crippen molar-refractivity contribution in [3.8, 4) is 0 Å². The Hall–Kier alpha value is -1.84. The molecular formula is C25H30N2O. The van der Waals surface area contributed by atoms with Crippen molar-refractivity contribution >= 4 is 21.8 Å². The maximum atomic E-state index is 11.0. The van der Waals surface area contributed by atoms with Crippen LogP contribution in [-0.4, -0.2) is 20.8 Å². The fourth-order valence-electron chi connectivity index (χ4n) is 7.26. The topological polar surface area (TPSA) is 37.2 Å². The molecule has 4 bridgehead atoms. The molecule has 0 saturated heterocycles. The molecule has 3 nitrogen and oxygen atoms in total. The number of nitrogens with one attached hydrogen (secondary N) is 1. The van der Waals surface area contributed by atoms with E-state index in [1.807, 2.05) is 0 Å². The highest BCUT2D eigenvalue weighted by atomic mass is 16.3. The van der Waals surface area contributed by atoms with Crippen molar-refractivity contribution in [3.05, 3.63) is 48.0 Å². The quantitative estimate of drug-likeness (QED) is 0.675. The number of nitrogens with zero attached hydrogens (tertiary/aromatic N) is 1. The van der Waals surface area contributed by atoms with Crippen LogP contribution in [0.5, 0.6) is 0 Å². The monoisotopic (exact) mass is 374 g/mol. The van der Waals surface area contributed by atoms with Gasteiger partial charge in [0.25, 0.3) is 0 Å². The van der Waals surface area contributed by atoms with Crippen LogP contribution in [0.1, 0.15) is 51.0 Å². The van der Waals surface area contributed by atoms with Gasteiger partial charge in [0, 0.05) is 40.4 Å². The molecule has 2 atom stereocenters. The summed E-state index contributed by atoms with van der Waals surface area (Å²) in [5.41, 5.74) is 3.78. The van der Waals surface area contributed by atoms with Crippen molar-refractivity contribution in [1.82, 2.24) is 9.88 Å². The summed E-state index contributed by atoms with van der Waals surface area (Å²) in [6.07, 6.45) is 6.87. The van der Waals surface area contributed by atoms with E-state index >= 15 is 0 Å². The third kappa shape index (κ3) is 2.49. The van der Waals surface area contributed by atoms with E-state index in [0.717, 1.165) is 44.2 Å². The summed E-state index contributed by atoms with van der Waals surface area (Å²) in [5, 5.41) is 17.7. The number of aromatic nitrogens is 1. The van der Waals surface area contributed by atoms with Gasteiger partial charge in [-0.1, -0.05) is 24.3 Å². The van der Waals surface area contributed by atoms with Crippen LogP contribution >= 0.6 is 0 Å². The van der Waals surface area contributed by atoms with E-state index in [-0.39, 0.29) is 5.54 Å². The highest BCUT2D eigenvalue weighted by molar-refractivity contribution is 6.08. The molecule has 146 valence electrons. The molecule has 1 heterocycles. The van der Waals surface area contributed by atoms with Gasteiger partial charge in [0.05, 0.1) is 5.60 Å². The Labute approximate surface area is 166 Å². The Kier molecular flexibility index (Phi) is 3.56. The van der Waals surface area contributed by atoms with Crippen LogP contribution in [0.4, 0.5) is 0 Å². The second-order valence-electron chi connectivity index (χ2n) is 9.93. The van der Waals surface area contributed by atoms with Crippen LogP contribution in [0.3, 0.4) is 0 Å². The summed E-state index contributed by atoms with van der Waals surface area (Å²) in [6, 6.07) is 15.7. The Balaban J connectivity index is 1.32. The van der Waals surface area contributed by atoms with Crippen LogP contribution in [0.2, 0.25) is 0 Å². The van der Waals surface area contributed by atoms with Crippen molar-refractivity contribution < 1.29 is 5.11 Å². The molecule has 4 aliphatic rings. The van der Waals surface area contributed by atoms with Crippen molar-refractivity contribution in [3.63, 3.8) is 0 Å². The lowest BCUT2D eigenvalue weighted by atomic mass is 9.51. The fourth-order valence-corrected chi connectivity index (χ4v) is 7.26. The number of aryl methyl sites for hydroxylation is 1. The van der Waals surface area contributed by atoms with Crippen LogP contribution in [0.15, 0.2) is 42.5 Å². The van der Waals surface area contributed by atoms with Crippen LogP contribution in [-0.2, 0) is 13.1 Å². The smallest absolute Gasteiger partial charge is 0.0670 e. The minimum Gasteiger partial charge on any atom is -0.390 e. The molecule has 2 N–H and O–H groups in total. The molecular weight excluding hydrogens is 344 g/mol. The first kappa shape index (κ1) is 17.1. The van der Waals surface area contributed by atoms with Gasteiger partial charge in [0.1, 0.15) is 0 Å². The molecule has 2 unspecified atom stereocenters. The van der Waals surface area contributed by atoms with Crippen molar-refractivity contribution in [2.75, 3.05) is 0 Å². The van der Waals surface area contributed by atoms with E-state index in [1.54, 1.807) is 0 Å². The minimum atomic E-state index is -0.393. The zero-order valence-corrected chi connectivity index (χ0v) is 16.7. The highest BCUT2D eigenvalue weighted by Gasteiger charge is 2.56. The van der Waals surface area contributed by atoms with Crippen molar-refractivity contribution in [2.45, 2.75) is 69.7 Å². The summed E-state index contributed by atoms with van der Waals surface area (Å²) in [7, 11) is 0. The third-order valence-corrected chi connectivity index (χ3v) is 7.85. The molecule has 4 saturated carbocycles. The minimum absolute atomic E-state index is 0.158. The summed E-state index contributed by atoms with van der Waals surface area (Å²) in [4.78, 5) is 0. The molecule has 2 aromatic carbocycles. The van der Waals surface area contributed by atoms with E-state index in [2.05, 4.69) is 59.3 Å². The van der Waals surface area contributed by atoms with Gasteiger partial charge in [0.2, 0.25) is 0 Å². The third-order valence-electron chi connectivity index (χ3n) is 7.85. The standard InChI is InChI=1S/C25H30N2O/c1-2-27-22-6-4-3-5-20(22)21-10-17(7-8-23(21)27)15-26-24-11-18-9-19(12-24)14-25(28,13-18)16-24/h3-8,10,18-19,26,28H,2,9,11-16H2,1H3. The van der Waals surface area contributed by atoms with E-state index < -0.39 is 5.60 Å². The lowest BCUT2D eigenvalue weighted by molar-refractivity contribution is -0.142. The second-order valence-corrected chi connectivity index (χ2v) is 9.93. The van der Waals surface area contributed by atoms with Gasteiger partial charge < -0.3 is 15.0 Å². The molecule has 0 aliphatic heterocycles. The first-order valence-corrected chi connectivity index (χ1v) is 11.0. The van der Waals surface area contributed by atoms with E-state index in [1.165, 1.54) is 46.6 Å². The van der Waals surface area contributed by atoms with Gasteiger partial charge in [-0.05, 0) is 81.0 Å². The molecule has 3 aromatic rings. The van der Waals surface area contributed by atoms with Gasteiger partial charge in [-0.2, -0.15) is 0 Å². The maximum absolute atomic E-state index is 11.0. The molecule has 1 aromatic heterocycles. The largest absolute Gasteiger partial charge is 0.390 e. The van der Waals surface area contributed by atoms with Crippen LogP contribution < -0.4 is 5.32 Å². The first-order chi connectivity index (χ1) is 13.6.